The molecule has 0 fully saturated rings. The second-order valence-electron chi connectivity index (χ2n) is 5.03. The van der Waals surface area contributed by atoms with Gasteiger partial charge in [0.2, 0.25) is 0 Å². The molecule has 0 atom stereocenters. The highest BCUT2D eigenvalue weighted by Gasteiger charge is 2.12. The van der Waals surface area contributed by atoms with Crippen LogP contribution in [0.15, 0.2) is 42.0 Å². The molecule has 5 nitrogen and oxygen atoms in total. The van der Waals surface area contributed by atoms with Crippen LogP contribution in [-0.4, -0.2) is 18.1 Å². The molecule has 128 valence electrons. The lowest BCUT2D eigenvalue weighted by Crippen LogP contribution is -2.23. The third-order valence-corrected chi connectivity index (χ3v) is 3.84. The highest BCUT2D eigenvalue weighted by molar-refractivity contribution is 6.35. The van der Waals surface area contributed by atoms with Gasteiger partial charge in [-0.2, -0.15) is 5.26 Å². The second-order valence-corrected chi connectivity index (χ2v) is 5.87. The van der Waals surface area contributed by atoms with Gasteiger partial charge in [0.05, 0.1) is 12.1 Å². The first-order valence-corrected chi connectivity index (χ1v) is 7.91. The number of phenolic OH excluding ortho intramolecular Hbond substituents is 1. The van der Waals surface area contributed by atoms with Gasteiger partial charge in [0, 0.05) is 17.1 Å². The Bertz CT molecular complexity index is 856. The summed E-state index contributed by atoms with van der Waals surface area (Å²) in [5.41, 5.74) is 0.857. The number of rotatable bonds is 5. The zero-order valence-electron chi connectivity index (χ0n) is 13.2. The highest BCUT2D eigenvalue weighted by atomic mass is 35.5. The smallest absolute Gasteiger partial charge is 0.262 e. The Morgan fingerprint density at radius 3 is 2.60 bits per heavy atom. The van der Waals surface area contributed by atoms with Crippen molar-refractivity contribution >= 4 is 35.2 Å². The average molecular weight is 377 g/mol. The van der Waals surface area contributed by atoms with E-state index in [-0.39, 0.29) is 33.5 Å². The van der Waals surface area contributed by atoms with Crippen LogP contribution >= 0.6 is 23.2 Å². The number of carbonyl (C=O) groups is 1. The fourth-order valence-electron chi connectivity index (χ4n) is 2.02. The summed E-state index contributed by atoms with van der Waals surface area (Å²) in [4.78, 5) is 12.2. The number of nitriles is 1. The Labute approximate surface area is 155 Å². The Kier molecular flexibility index (Phi) is 6.29. The highest BCUT2D eigenvalue weighted by Crippen LogP contribution is 2.32. The molecule has 0 radical (unpaired) electrons. The van der Waals surface area contributed by atoms with Crippen LogP contribution in [-0.2, 0) is 11.3 Å². The van der Waals surface area contributed by atoms with Crippen molar-refractivity contribution in [2.24, 2.45) is 0 Å². The first-order valence-electron chi connectivity index (χ1n) is 7.15. The number of amides is 1. The van der Waals surface area contributed by atoms with E-state index < -0.39 is 5.91 Å². The topological polar surface area (TPSA) is 82.3 Å². The lowest BCUT2D eigenvalue weighted by Gasteiger charge is -2.07. The van der Waals surface area contributed by atoms with Crippen LogP contribution in [0.3, 0.4) is 0 Å². The van der Waals surface area contributed by atoms with E-state index in [1.165, 1.54) is 18.2 Å². The third-order valence-electron chi connectivity index (χ3n) is 3.33. The zero-order valence-corrected chi connectivity index (χ0v) is 14.7. The fraction of sp³-hybridized carbons (Fsp3) is 0.111. The molecule has 0 aliphatic heterocycles. The first kappa shape index (κ1) is 18.7. The summed E-state index contributed by atoms with van der Waals surface area (Å²) in [7, 11) is 1.57. The normalized spacial score (nSPS) is 10.9. The van der Waals surface area contributed by atoms with Crippen LogP contribution in [0.25, 0.3) is 6.08 Å². The van der Waals surface area contributed by atoms with Gasteiger partial charge in [0.25, 0.3) is 5.91 Å². The molecule has 0 aliphatic rings. The zero-order chi connectivity index (χ0) is 18.4. The molecule has 0 spiro atoms. The van der Waals surface area contributed by atoms with E-state index in [1.54, 1.807) is 37.4 Å². The van der Waals surface area contributed by atoms with Gasteiger partial charge in [0.15, 0.2) is 0 Å². The maximum absolute atomic E-state index is 12.2. The lowest BCUT2D eigenvalue weighted by molar-refractivity contribution is -0.117. The quantitative estimate of drug-likeness (QED) is 0.611. The number of hydrogen-bond acceptors (Lipinski definition) is 4. The van der Waals surface area contributed by atoms with Crippen molar-refractivity contribution in [1.82, 2.24) is 5.32 Å². The van der Waals surface area contributed by atoms with Gasteiger partial charge in [-0.3, -0.25) is 4.79 Å². The summed E-state index contributed by atoms with van der Waals surface area (Å²) in [6.07, 6.45) is 1.23. The maximum atomic E-state index is 12.2. The summed E-state index contributed by atoms with van der Waals surface area (Å²) in [6, 6.07) is 11.7. The van der Waals surface area contributed by atoms with Crippen LogP contribution in [0, 0.1) is 11.3 Å². The van der Waals surface area contributed by atoms with Crippen LogP contribution in [0.2, 0.25) is 10.0 Å². The Morgan fingerprint density at radius 2 is 2.00 bits per heavy atom. The predicted molar refractivity (Wildman–Crippen MR) is 96.6 cm³/mol. The standard InChI is InChI=1S/C18H14Cl2N2O3/c1-25-15-4-2-11(3-5-15)10-22-18(24)13(9-21)6-12-7-14(19)8-16(20)17(12)23/h2-8,23H,10H2,1H3,(H,22,24)/b13-6-. The molecule has 2 aromatic carbocycles. The molecule has 0 heterocycles. The van der Waals surface area contributed by atoms with Gasteiger partial charge in [-0.05, 0) is 35.9 Å². The van der Waals surface area contributed by atoms with Crippen molar-refractivity contribution in [3.8, 4) is 17.6 Å². The molecule has 0 bridgehead atoms. The van der Waals surface area contributed by atoms with Gasteiger partial charge < -0.3 is 15.2 Å². The number of halogens is 2. The van der Waals surface area contributed by atoms with Gasteiger partial charge in [0.1, 0.15) is 23.1 Å². The molecule has 0 saturated heterocycles. The van der Waals surface area contributed by atoms with Crippen molar-refractivity contribution in [1.29, 1.82) is 5.26 Å². The summed E-state index contributed by atoms with van der Waals surface area (Å²) in [6.45, 7) is 0.240. The molecule has 0 saturated carbocycles. The number of nitrogens with zero attached hydrogens (tertiary/aromatic N) is 1. The number of methoxy groups -OCH3 is 1. The molecular formula is C18H14Cl2N2O3. The van der Waals surface area contributed by atoms with Crippen LogP contribution in [0.5, 0.6) is 11.5 Å². The summed E-state index contributed by atoms with van der Waals surface area (Å²) >= 11 is 11.7. The first-order chi connectivity index (χ1) is 11.9. The van der Waals surface area contributed by atoms with E-state index in [9.17, 15) is 15.2 Å². The van der Waals surface area contributed by atoms with E-state index in [4.69, 9.17) is 27.9 Å². The number of hydrogen-bond donors (Lipinski definition) is 2. The van der Waals surface area contributed by atoms with Crippen LogP contribution in [0.4, 0.5) is 0 Å². The van der Waals surface area contributed by atoms with Gasteiger partial charge in [-0.1, -0.05) is 35.3 Å². The largest absolute Gasteiger partial charge is 0.506 e. The SMILES string of the molecule is COc1ccc(CNC(=O)/C(C#N)=C\c2cc(Cl)cc(Cl)c2O)cc1. The molecule has 7 heteroatoms. The summed E-state index contributed by atoms with van der Waals surface area (Å²) < 4.78 is 5.06. The number of benzene rings is 2. The van der Waals surface area contributed by atoms with E-state index >= 15 is 0 Å². The minimum absolute atomic E-state index is 0.0367. The van der Waals surface area contributed by atoms with E-state index in [1.807, 2.05) is 0 Å². The van der Waals surface area contributed by atoms with Crippen molar-refractivity contribution < 1.29 is 14.6 Å². The number of nitrogens with one attached hydrogen (secondary N) is 1. The second kappa shape index (κ2) is 8.43. The number of aromatic hydroxyl groups is 1. The number of ether oxygens (including phenoxy) is 1. The van der Waals surface area contributed by atoms with Crippen molar-refractivity contribution in [3.63, 3.8) is 0 Å². The van der Waals surface area contributed by atoms with Crippen LogP contribution in [0.1, 0.15) is 11.1 Å². The molecule has 25 heavy (non-hydrogen) atoms. The Balaban J connectivity index is 2.14. The summed E-state index contributed by atoms with van der Waals surface area (Å²) in [5, 5.41) is 22.1. The minimum Gasteiger partial charge on any atom is -0.506 e. The molecule has 0 aromatic heterocycles. The van der Waals surface area contributed by atoms with Crippen molar-refractivity contribution in [2.75, 3.05) is 7.11 Å². The van der Waals surface area contributed by atoms with Crippen molar-refractivity contribution in [2.45, 2.75) is 6.54 Å². The lowest BCUT2D eigenvalue weighted by atomic mass is 10.1. The van der Waals surface area contributed by atoms with E-state index in [2.05, 4.69) is 5.32 Å². The Hall–Kier alpha value is -2.68. The Morgan fingerprint density at radius 1 is 1.32 bits per heavy atom. The fourth-order valence-corrected chi connectivity index (χ4v) is 2.53. The molecule has 0 unspecified atom stereocenters. The van der Waals surface area contributed by atoms with E-state index in [0.717, 1.165) is 5.56 Å². The van der Waals surface area contributed by atoms with Gasteiger partial charge in [-0.25, -0.2) is 0 Å². The predicted octanol–water partition coefficient (Wildman–Crippen LogP) is 3.93. The van der Waals surface area contributed by atoms with E-state index in [0.29, 0.717) is 5.75 Å². The summed E-state index contributed by atoms with van der Waals surface area (Å²) in [5.74, 6) is -0.114. The molecule has 0 aliphatic carbocycles. The number of carbonyl (C=O) groups excluding carboxylic acids is 1. The molecule has 1 amide bonds. The third kappa shape index (κ3) is 4.90. The van der Waals surface area contributed by atoms with Crippen molar-refractivity contribution in [3.05, 3.63) is 63.1 Å². The average Bonchev–Trinajstić information content (AvgIpc) is 2.61. The maximum Gasteiger partial charge on any atom is 0.262 e. The minimum atomic E-state index is -0.575. The van der Waals surface area contributed by atoms with Crippen LogP contribution < -0.4 is 10.1 Å². The monoisotopic (exact) mass is 376 g/mol. The molecular weight excluding hydrogens is 363 g/mol. The van der Waals surface area contributed by atoms with Gasteiger partial charge >= 0.3 is 0 Å². The number of phenols is 1. The van der Waals surface area contributed by atoms with Gasteiger partial charge in [-0.15, -0.1) is 0 Å². The molecule has 2 aromatic rings. The molecule has 2 rings (SSSR count). The molecule has 2 N–H and O–H groups in total.